The molecule has 14 heavy (non-hydrogen) atoms. The third-order valence-corrected chi connectivity index (χ3v) is 1.63. The highest BCUT2D eigenvalue weighted by Crippen LogP contribution is 2.00. The van der Waals surface area contributed by atoms with E-state index in [2.05, 4.69) is 15.3 Å². The summed E-state index contributed by atoms with van der Waals surface area (Å²) in [5.41, 5.74) is 0.297. The Kier molecular flexibility index (Phi) is 3.83. The van der Waals surface area contributed by atoms with E-state index in [1.54, 1.807) is 6.92 Å². The van der Waals surface area contributed by atoms with Crippen LogP contribution in [0.15, 0.2) is 12.4 Å². The quantitative estimate of drug-likeness (QED) is 0.727. The van der Waals surface area contributed by atoms with Crippen LogP contribution in [0.25, 0.3) is 0 Å². The largest absolute Gasteiger partial charge is 0.393 e. The van der Waals surface area contributed by atoms with Crippen molar-refractivity contribution in [3.8, 4) is 6.07 Å². The Balaban J connectivity index is 2.41. The molecule has 0 aromatic carbocycles. The van der Waals surface area contributed by atoms with Gasteiger partial charge in [-0.1, -0.05) is 0 Å². The number of nitrogens with zero attached hydrogens (tertiary/aromatic N) is 3. The number of aromatic nitrogens is 2. The van der Waals surface area contributed by atoms with Crippen molar-refractivity contribution in [1.82, 2.24) is 9.97 Å². The molecule has 0 saturated carbocycles. The SMILES string of the molecule is C[C@H](O)CCNc1cnc(C#N)cn1. The topological polar surface area (TPSA) is 81.8 Å². The molecule has 1 aromatic heterocycles. The van der Waals surface area contributed by atoms with Crippen molar-refractivity contribution >= 4 is 5.82 Å². The van der Waals surface area contributed by atoms with Gasteiger partial charge in [-0.15, -0.1) is 0 Å². The van der Waals surface area contributed by atoms with Gasteiger partial charge in [-0.05, 0) is 13.3 Å². The highest BCUT2D eigenvalue weighted by atomic mass is 16.3. The summed E-state index contributed by atoms with van der Waals surface area (Å²) in [6.45, 7) is 2.37. The standard InChI is InChI=1S/C9H12N4O/c1-7(14)2-3-11-9-6-12-8(4-10)5-13-9/h5-7,14H,2-3H2,1H3,(H,11,13)/t7-/m0/s1. The average Bonchev–Trinajstić information content (AvgIpc) is 2.18. The number of nitriles is 1. The lowest BCUT2D eigenvalue weighted by atomic mass is 10.3. The van der Waals surface area contributed by atoms with Gasteiger partial charge < -0.3 is 10.4 Å². The predicted molar refractivity (Wildman–Crippen MR) is 51.5 cm³/mol. The van der Waals surface area contributed by atoms with Gasteiger partial charge in [0, 0.05) is 6.54 Å². The van der Waals surface area contributed by atoms with Crippen molar-refractivity contribution in [1.29, 1.82) is 5.26 Å². The van der Waals surface area contributed by atoms with E-state index >= 15 is 0 Å². The normalized spacial score (nSPS) is 11.8. The van der Waals surface area contributed by atoms with Crippen LogP contribution >= 0.6 is 0 Å². The lowest BCUT2D eigenvalue weighted by Gasteiger charge is -2.05. The van der Waals surface area contributed by atoms with Gasteiger partial charge in [-0.2, -0.15) is 5.26 Å². The maximum absolute atomic E-state index is 8.99. The average molecular weight is 192 g/mol. The zero-order valence-corrected chi connectivity index (χ0v) is 7.94. The molecule has 0 fully saturated rings. The summed E-state index contributed by atoms with van der Waals surface area (Å²) in [7, 11) is 0. The molecule has 1 atom stereocenters. The van der Waals surface area contributed by atoms with E-state index in [0.717, 1.165) is 0 Å². The Hall–Kier alpha value is -1.67. The van der Waals surface area contributed by atoms with E-state index in [1.807, 2.05) is 6.07 Å². The smallest absolute Gasteiger partial charge is 0.158 e. The molecular weight excluding hydrogens is 180 g/mol. The predicted octanol–water partition coefficient (Wildman–Crippen LogP) is 0.531. The van der Waals surface area contributed by atoms with Crippen molar-refractivity contribution in [3.63, 3.8) is 0 Å². The van der Waals surface area contributed by atoms with Crippen LogP contribution in [0.3, 0.4) is 0 Å². The van der Waals surface area contributed by atoms with Crippen molar-refractivity contribution in [2.24, 2.45) is 0 Å². The fraction of sp³-hybridized carbons (Fsp3) is 0.444. The Morgan fingerprint density at radius 3 is 2.86 bits per heavy atom. The van der Waals surface area contributed by atoms with E-state index < -0.39 is 0 Å². The second kappa shape index (κ2) is 5.14. The lowest BCUT2D eigenvalue weighted by molar-refractivity contribution is 0.188. The highest BCUT2D eigenvalue weighted by molar-refractivity contribution is 5.32. The second-order valence-electron chi connectivity index (χ2n) is 2.96. The first kappa shape index (κ1) is 10.4. The minimum absolute atomic E-state index is 0.297. The molecule has 1 aromatic rings. The van der Waals surface area contributed by atoms with Crippen LogP contribution in [0.2, 0.25) is 0 Å². The summed E-state index contributed by atoms with van der Waals surface area (Å²) in [6, 6.07) is 1.89. The van der Waals surface area contributed by atoms with Gasteiger partial charge >= 0.3 is 0 Å². The number of hydrogen-bond acceptors (Lipinski definition) is 5. The van der Waals surface area contributed by atoms with E-state index in [9.17, 15) is 0 Å². The molecule has 5 heteroatoms. The molecule has 5 nitrogen and oxygen atoms in total. The van der Waals surface area contributed by atoms with Gasteiger partial charge in [0.15, 0.2) is 5.69 Å². The Morgan fingerprint density at radius 2 is 2.36 bits per heavy atom. The third kappa shape index (κ3) is 3.37. The maximum Gasteiger partial charge on any atom is 0.158 e. The van der Waals surface area contributed by atoms with Gasteiger partial charge in [0.2, 0.25) is 0 Å². The molecule has 0 saturated heterocycles. The van der Waals surface area contributed by atoms with Crippen molar-refractivity contribution in [2.75, 3.05) is 11.9 Å². The van der Waals surface area contributed by atoms with Gasteiger partial charge in [0.05, 0.1) is 18.5 Å². The molecule has 0 amide bonds. The monoisotopic (exact) mass is 192 g/mol. The molecule has 74 valence electrons. The molecule has 0 aliphatic rings. The summed E-state index contributed by atoms with van der Waals surface area (Å²) >= 11 is 0. The van der Waals surface area contributed by atoms with Gasteiger partial charge in [-0.3, -0.25) is 0 Å². The number of nitrogens with one attached hydrogen (secondary N) is 1. The summed E-state index contributed by atoms with van der Waals surface area (Å²) in [5.74, 6) is 0.615. The number of hydrogen-bond donors (Lipinski definition) is 2. The third-order valence-electron chi connectivity index (χ3n) is 1.63. The van der Waals surface area contributed by atoms with Crippen LogP contribution in [0.5, 0.6) is 0 Å². The second-order valence-corrected chi connectivity index (χ2v) is 2.96. The van der Waals surface area contributed by atoms with Gasteiger partial charge in [-0.25, -0.2) is 9.97 Å². The number of aliphatic hydroxyl groups excluding tert-OH is 1. The van der Waals surface area contributed by atoms with Crippen LogP contribution in [0.4, 0.5) is 5.82 Å². The van der Waals surface area contributed by atoms with Crippen LogP contribution in [-0.4, -0.2) is 27.7 Å². The fourth-order valence-corrected chi connectivity index (χ4v) is 0.886. The van der Waals surface area contributed by atoms with Crippen LogP contribution in [0.1, 0.15) is 19.0 Å². The van der Waals surface area contributed by atoms with Gasteiger partial charge in [0.1, 0.15) is 11.9 Å². The first-order chi connectivity index (χ1) is 6.72. The molecule has 0 bridgehead atoms. The Labute approximate surface area is 82.4 Å². The zero-order valence-electron chi connectivity index (χ0n) is 7.94. The van der Waals surface area contributed by atoms with E-state index in [4.69, 9.17) is 10.4 Å². The molecule has 0 radical (unpaired) electrons. The van der Waals surface area contributed by atoms with Crippen LogP contribution in [-0.2, 0) is 0 Å². The Morgan fingerprint density at radius 1 is 1.57 bits per heavy atom. The van der Waals surface area contributed by atoms with Crippen LogP contribution in [0, 0.1) is 11.3 Å². The van der Waals surface area contributed by atoms with E-state index in [-0.39, 0.29) is 6.10 Å². The number of aliphatic hydroxyl groups is 1. The van der Waals surface area contributed by atoms with Gasteiger partial charge in [0.25, 0.3) is 0 Å². The van der Waals surface area contributed by atoms with Crippen molar-refractivity contribution < 1.29 is 5.11 Å². The molecule has 1 rings (SSSR count). The molecule has 0 aliphatic heterocycles. The summed E-state index contributed by atoms with van der Waals surface area (Å²) in [6.07, 6.45) is 3.24. The minimum Gasteiger partial charge on any atom is -0.393 e. The minimum atomic E-state index is -0.325. The molecular formula is C9H12N4O. The fourth-order valence-electron chi connectivity index (χ4n) is 0.886. The zero-order chi connectivity index (χ0) is 10.4. The van der Waals surface area contributed by atoms with Crippen LogP contribution < -0.4 is 5.32 Å². The molecule has 1 heterocycles. The lowest BCUT2D eigenvalue weighted by Crippen LogP contribution is -2.10. The molecule has 0 aliphatic carbocycles. The van der Waals surface area contributed by atoms with Crippen molar-refractivity contribution in [2.45, 2.75) is 19.4 Å². The summed E-state index contributed by atoms with van der Waals surface area (Å²) < 4.78 is 0. The Bertz CT molecular complexity index is 315. The van der Waals surface area contributed by atoms with E-state index in [1.165, 1.54) is 12.4 Å². The number of rotatable bonds is 4. The van der Waals surface area contributed by atoms with Crippen molar-refractivity contribution in [3.05, 3.63) is 18.1 Å². The molecule has 0 unspecified atom stereocenters. The first-order valence-corrected chi connectivity index (χ1v) is 4.36. The summed E-state index contributed by atoms with van der Waals surface area (Å²) in [4.78, 5) is 7.81. The molecule has 0 spiro atoms. The van der Waals surface area contributed by atoms with E-state index in [0.29, 0.717) is 24.5 Å². The first-order valence-electron chi connectivity index (χ1n) is 4.36. The summed E-state index contributed by atoms with van der Waals surface area (Å²) in [5, 5.41) is 20.4. The number of anilines is 1. The molecule has 2 N–H and O–H groups in total. The highest BCUT2D eigenvalue weighted by Gasteiger charge is 1.97. The maximum atomic E-state index is 8.99.